The van der Waals surface area contributed by atoms with E-state index in [0.29, 0.717) is 17.3 Å². The van der Waals surface area contributed by atoms with Crippen LogP contribution in [0.15, 0.2) is 53.0 Å². The van der Waals surface area contributed by atoms with Crippen LogP contribution in [0.4, 0.5) is 0 Å². The van der Waals surface area contributed by atoms with Gasteiger partial charge in [0.25, 0.3) is 0 Å². The van der Waals surface area contributed by atoms with Gasteiger partial charge in [-0.15, -0.1) is 11.8 Å². The number of thioether (sulfide) groups is 1. The molecule has 1 N–H and O–H groups in total. The molecule has 0 fully saturated rings. The standard InChI is InChI=1S/C23H28BrClN2O2S/c1-16(22(29)26-23(2,3)4)27(13-17-7-11-20(25)12-8-17)21(28)15-30-14-18-5-9-19(24)10-6-18/h5-12,16H,13-15H2,1-4H3,(H,26,29)/t16-/m0/s1. The first-order chi connectivity index (χ1) is 14.0. The third kappa shape index (κ3) is 8.32. The summed E-state index contributed by atoms with van der Waals surface area (Å²) in [6, 6.07) is 14.8. The molecule has 0 aliphatic rings. The summed E-state index contributed by atoms with van der Waals surface area (Å²) >= 11 is 11.0. The molecule has 30 heavy (non-hydrogen) atoms. The maximum Gasteiger partial charge on any atom is 0.242 e. The summed E-state index contributed by atoms with van der Waals surface area (Å²) in [5.74, 6) is 0.805. The Balaban J connectivity index is 2.08. The van der Waals surface area contributed by atoms with Crippen molar-refractivity contribution >= 4 is 51.1 Å². The molecular formula is C23H28BrClN2O2S. The number of carbonyl (C=O) groups is 2. The third-order valence-electron chi connectivity index (χ3n) is 4.34. The molecule has 162 valence electrons. The van der Waals surface area contributed by atoms with Crippen molar-refractivity contribution in [1.82, 2.24) is 10.2 Å². The van der Waals surface area contributed by atoms with Crippen molar-refractivity contribution in [2.24, 2.45) is 0 Å². The van der Waals surface area contributed by atoms with Crippen LogP contribution < -0.4 is 5.32 Å². The SMILES string of the molecule is C[C@@H](C(=O)NC(C)(C)C)N(Cc1ccc(Cl)cc1)C(=O)CSCc1ccc(Br)cc1. The van der Waals surface area contributed by atoms with Gasteiger partial charge in [0, 0.05) is 27.3 Å². The minimum Gasteiger partial charge on any atom is -0.350 e. The molecule has 0 aliphatic heterocycles. The molecule has 0 aromatic heterocycles. The number of amides is 2. The first kappa shape index (κ1) is 24.8. The molecule has 2 rings (SSSR count). The molecule has 2 aromatic rings. The Morgan fingerprint density at radius 1 is 1.07 bits per heavy atom. The van der Waals surface area contributed by atoms with Gasteiger partial charge in [0.15, 0.2) is 0 Å². The average molecular weight is 512 g/mol. The maximum atomic E-state index is 13.1. The first-order valence-corrected chi connectivity index (χ1v) is 12.1. The van der Waals surface area contributed by atoms with Crippen LogP contribution in [-0.4, -0.2) is 34.0 Å². The second-order valence-corrected chi connectivity index (χ2v) is 10.5. The Morgan fingerprint density at radius 3 is 2.20 bits per heavy atom. The highest BCUT2D eigenvalue weighted by molar-refractivity contribution is 9.10. The van der Waals surface area contributed by atoms with Crippen molar-refractivity contribution in [2.75, 3.05) is 5.75 Å². The van der Waals surface area contributed by atoms with Gasteiger partial charge in [0.05, 0.1) is 5.75 Å². The van der Waals surface area contributed by atoms with E-state index in [1.54, 1.807) is 35.7 Å². The summed E-state index contributed by atoms with van der Waals surface area (Å²) in [4.78, 5) is 27.4. The normalized spacial score (nSPS) is 12.3. The Labute approximate surface area is 196 Å². The Kier molecular flexibility index (Phi) is 9.26. The topological polar surface area (TPSA) is 49.4 Å². The Hall–Kier alpha value is -1.50. The largest absolute Gasteiger partial charge is 0.350 e. The van der Waals surface area contributed by atoms with Gasteiger partial charge in [-0.3, -0.25) is 9.59 Å². The molecule has 0 bridgehead atoms. The monoisotopic (exact) mass is 510 g/mol. The lowest BCUT2D eigenvalue weighted by molar-refractivity contribution is -0.139. The number of nitrogens with zero attached hydrogens (tertiary/aromatic N) is 1. The fraction of sp³-hybridized carbons (Fsp3) is 0.391. The first-order valence-electron chi connectivity index (χ1n) is 9.73. The predicted octanol–water partition coefficient (Wildman–Crippen LogP) is 5.67. The molecule has 0 radical (unpaired) electrons. The number of rotatable bonds is 8. The van der Waals surface area contributed by atoms with Gasteiger partial charge in [-0.25, -0.2) is 0 Å². The van der Waals surface area contributed by atoms with Gasteiger partial charge >= 0.3 is 0 Å². The lowest BCUT2D eigenvalue weighted by Crippen LogP contribution is -2.52. The molecule has 0 saturated carbocycles. The van der Waals surface area contributed by atoms with Gasteiger partial charge in [0.2, 0.25) is 11.8 Å². The van der Waals surface area contributed by atoms with E-state index in [1.807, 2.05) is 57.2 Å². The van der Waals surface area contributed by atoms with Crippen molar-refractivity contribution in [2.45, 2.75) is 51.6 Å². The van der Waals surface area contributed by atoms with E-state index in [4.69, 9.17) is 11.6 Å². The highest BCUT2D eigenvalue weighted by Crippen LogP contribution is 2.19. The molecule has 0 aliphatic carbocycles. The molecule has 0 saturated heterocycles. The van der Waals surface area contributed by atoms with Crippen molar-refractivity contribution in [1.29, 1.82) is 0 Å². The van der Waals surface area contributed by atoms with Crippen molar-refractivity contribution in [3.8, 4) is 0 Å². The number of carbonyl (C=O) groups excluding carboxylic acids is 2. The van der Waals surface area contributed by atoms with Crippen LogP contribution in [0, 0.1) is 0 Å². The summed E-state index contributed by atoms with van der Waals surface area (Å²) in [5, 5.41) is 3.61. The number of nitrogens with one attached hydrogen (secondary N) is 1. The van der Waals surface area contributed by atoms with E-state index in [2.05, 4.69) is 21.2 Å². The van der Waals surface area contributed by atoms with E-state index in [1.165, 1.54) is 0 Å². The maximum absolute atomic E-state index is 13.1. The summed E-state index contributed by atoms with van der Waals surface area (Å²) in [6.45, 7) is 7.91. The summed E-state index contributed by atoms with van der Waals surface area (Å²) < 4.78 is 1.03. The minimum atomic E-state index is -0.583. The second-order valence-electron chi connectivity index (χ2n) is 8.18. The van der Waals surface area contributed by atoms with Gasteiger partial charge in [-0.1, -0.05) is 51.8 Å². The number of hydrogen-bond acceptors (Lipinski definition) is 3. The molecule has 1 atom stereocenters. The molecule has 0 unspecified atom stereocenters. The second kappa shape index (κ2) is 11.2. The zero-order chi connectivity index (χ0) is 22.3. The van der Waals surface area contributed by atoms with E-state index >= 15 is 0 Å². The molecule has 0 heterocycles. The molecule has 2 amide bonds. The lowest BCUT2D eigenvalue weighted by atomic mass is 10.1. The molecule has 0 spiro atoms. The van der Waals surface area contributed by atoms with Crippen LogP contribution in [0.5, 0.6) is 0 Å². The van der Waals surface area contributed by atoms with Crippen LogP contribution >= 0.6 is 39.3 Å². The van der Waals surface area contributed by atoms with E-state index in [9.17, 15) is 9.59 Å². The van der Waals surface area contributed by atoms with Crippen LogP contribution in [0.1, 0.15) is 38.8 Å². The molecular weight excluding hydrogens is 484 g/mol. The van der Waals surface area contributed by atoms with Gasteiger partial charge in [-0.05, 0) is 63.1 Å². The van der Waals surface area contributed by atoms with E-state index in [0.717, 1.165) is 21.4 Å². The average Bonchev–Trinajstić information content (AvgIpc) is 2.67. The van der Waals surface area contributed by atoms with Crippen LogP contribution in [0.3, 0.4) is 0 Å². The van der Waals surface area contributed by atoms with Gasteiger partial charge in [0.1, 0.15) is 6.04 Å². The fourth-order valence-electron chi connectivity index (χ4n) is 2.76. The highest BCUT2D eigenvalue weighted by atomic mass is 79.9. The van der Waals surface area contributed by atoms with Crippen molar-refractivity contribution in [3.63, 3.8) is 0 Å². The number of halogens is 2. The van der Waals surface area contributed by atoms with Crippen LogP contribution in [0.2, 0.25) is 5.02 Å². The minimum absolute atomic E-state index is 0.0661. The highest BCUT2D eigenvalue weighted by Gasteiger charge is 2.28. The molecule has 7 heteroatoms. The van der Waals surface area contributed by atoms with Crippen LogP contribution in [-0.2, 0) is 21.9 Å². The lowest BCUT2D eigenvalue weighted by Gasteiger charge is -2.31. The van der Waals surface area contributed by atoms with Gasteiger partial charge < -0.3 is 10.2 Å². The predicted molar refractivity (Wildman–Crippen MR) is 130 cm³/mol. The summed E-state index contributed by atoms with van der Waals surface area (Å²) in [5.41, 5.74) is 1.72. The number of hydrogen-bond donors (Lipinski definition) is 1. The quantitative estimate of drug-likeness (QED) is 0.497. The van der Waals surface area contributed by atoms with E-state index in [-0.39, 0.29) is 17.4 Å². The Bertz CT molecular complexity index is 851. The summed E-state index contributed by atoms with van der Waals surface area (Å²) in [7, 11) is 0. The fourth-order valence-corrected chi connectivity index (χ4v) is 4.02. The Morgan fingerprint density at radius 2 is 1.63 bits per heavy atom. The zero-order valence-corrected chi connectivity index (χ0v) is 20.9. The molecule has 4 nitrogen and oxygen atoms in total. The molecule has 2 aromatic carbocycles. The van der Waals surface area contributed by atoms with E-state index < -0.39 is 6.04 Å². The van der Waals surface area contributed by atoms with Crippen molar-refractivity contribution < 1.29 is 9.59 Å². The van der Waals surface area contributed by atoms with Gasteiger partial charge in [-0.2, -0.15) is 0 Å². The summed E-state index contributed by atoms with van der Waals surface area (Å²) in [6.07, 6.45) is 0. The van der Waals surface area contributed by atoms with Crippen LogP contribution in [0.25, 0.3) is 0 Å². The smallest absolute Gasteiger partial charge is 0.242 e. The number of benzene rings is 2. The van der Waals surface area contributed by atoms with Crippen molar-refractivity contribution in [3.05, 3.63) is 69.2 Å². The third-order valence-corrected chi connectivity index (χ3v) is 6.11. The zero-order valence-electron chi connectivity index (χ0n) is 17.7.